The maximum atomic E-state index is 3.64. The molecule has 0 aliphatic heterocycles. The van der Waals surface area contributed by atoms with Gasteiger partial charge < -0.3 is 6.92 Å². The minimum atomic E-state index is 0. The van der Waals surface area contributed by atoms with Crippen LogP contribution in [0.25, 0.3) is 0 Å². The molecule has 0 spiro atoms. The number of hydrogen-bond donors (Lipinski definition) is 0. The molecule has 0 aliphatic carbocycles. The first kappa shape index (κ1) is 10.3. The van der Waals surface area contributed by atoms with Crippen LogP contribution in [0.2, 0.25) is 0 Å². The Morgan fingerprint density at radius 3 is 2.14 bits per heavy atom. The van der Waals surface area contributed by atoms with Crippen molar-refractivity contribution in [2.24, 2.45) is 0 Å². The Kier molecular flexibility index (Phi) is 14.2. The number of allylic oxidation sites excluding steroid dienone is 2. The number of hydrogen-bond acceptors (Lipinski definition) is 0. The largest absolute Gasteiger partial charge is 1.00 e. The molecule has 36 valence electrons. The van der Waals surface area contributed by atoms with Crippen LogP contribution in [0.3, 0.4) is 0 Å². The summed E-state index contributed by atoms with van der Waals surface area (Å²) in [7, 11) is 0. The summed E-state index contributed by atoms with van der Waals surface area (Å²) in [6.07, 6.45) is 6.25. The van der Waals surface area contributed by atoms with Crippen LogP contribution < -0.4 is 18.9 Å². The van der Waals surface area contributed by atoms with E-state index in [1.807, 2.05) is 0 Å². The summed E-state index contributed by atoms with van der Waals surface area (Å²) in [6, 6.07) is 0. The summed E-state index contributed by atoms with van der Waals surface area (Å²) < 4.78 is 0. The predicted molar refractivity (Wildman–Crippen MR) is 29.4 cm³/mol. The molecular formula is C6H11Li. The van der Waals surface area contributed by atoms with Gasteiger partial charge in [0.15, 0.2) is 0 Å². The van der Waals surface area contributed by atoms with Crippen LogP contribution >= 0.6 is 0 Å². The van der Waals surface area contributed by atoms with E-state index in [0.29, 0.717) is 0 Å². The second-order valence-electron chi connectivity index (χ2n) is 1.17. The van der Waals surface area contributed by atoms with Crippen LogP contribution in [-0.4, -0.2) is 0 Å². The molecule has 0 fully saturated rings. The normalized spacial score (nSPS) is 8.86. The van der Waals surface area contributed by atoms with Crippen molar-refractivity contribution in [3.05, 3.63) is 19.1 Å². The molecule has 7 heavy (non-hydrogen) atoms. The maximum absolute atomic E-state index is 3.64. The van der Waals surface area contributed by atoms with Crippen molar-refractivity contribution in [2.75, 3.05) is 0 Å². The van der Waals surface area contributed by atoms with Gasteiger partial charge in [-0.2, -0.15) is 6.42 Å². The molecule has 0 bridgehead atoms. The molecular weight excluding hydrogens is 79.0 g/mol. The SMILES string of the molecule is [CH2-]C/C=C/CC.[Li+]. The van der Waals surface area contributed by atoms with Gasteiger partial charge in [0.1, 0.15) is 0 Å². The van der Waals surface area contributed by atoms with Gasteiger partial charge in [-0.05, 0) is 6.42 Å². The van der Waals surface area contributed by atoms with Crippen molar-refractivity contribution in [1.82, 2.24) is 0 Å². The first-order chi connectivity index (χ1) is 2.91. The molecule has 0 amide bonds. The Morgan fingerprint density at radius 1 is 1.43 bits per heavy atom. The van der Waals surface area contributed by atoms with E-state index in [2.05, 4.69) is 26.0 Å². The van der Waals surface area contributed by atoms with Gasteiger partial charge in [-0.1, -0.05) is 13.0 Å². The van der Waals surface area contributed by atoms with Crippen LogP contribution in [-0.2, 0) is 0 Å². The Morgan fingerprint density at radius 2 is 2.00 bits per heavy atom. The zero-order chi connectivity index (χ0) is 4.83. The standard InChI is InChI=1S/C6H11.Li/c1-3-5-6-4-2;/h5-6H,1,3-4H2,2H3;/q-1;+1/b6-5+;. The van der Waals surface area contributed by atoms with E-state index < -0.39 is 0 Å². The van der Waals surface area contributed by atoms with Crippen molar-refractivity contribution in [2.45, 2.75) is 19.8 Å². The summed E-state index contributed by atoms with van der Waals surface area (Å²) in [5, 5.41) is 0. The van der Waals surface area contributed by atoms with Gasteiger partial charge in [0.05, 0.1) is 0 Å². The Balaban J connectivity index is 0. The second kappa shape index (κ2) is 9.60. The van der Waals surface area contributed by atoms with E-state index in [0.717, 1.165) is 12.8 Å². The minimum absolute atomic E-state index is 0. The molecule has 1 heteroatoms. The molecule has 0 N–H and O–H groups in total. The topological polar surface area (TPSA) is 0 Å². The quantitative estimate of drug-likeness (QED) is 0.236. The average Bonchev–Trinajstić information content (AvgIpc) is 1.61. The van der Waals surface area contributed by atoms with E-state index in [1.165, 1.54) is 0 Å². The van der Waals surface area contributed by atoms with Gasteiger partial charge in [0.2, 0.25) is 0 Å². The minimum Gasteiger partial charge on any atom is -0.340 e. The van der Waals surface area contributed by atoms with E-state index in [4.69, 9.17) is 0 Å². The fourth-order valence-electron chi connectivity index (χ4n) is 0.285. The summed E-state index contributed by atoms with van der Waals surface area (Å²) in [5.74, 6) is 0. The maximum Gasteiger partial charge on any atom is 1.00 e. The third-order valence-corrected chi connectivity index (χ3v) is 0.569. The zero-order valence-electron chi connectivity index (χ0n) is 5.28. The molecule has 0 atom stereocenters. The van der Waals surface area contributed by atoms with Gasteiger partial charge in [-0.15, -0.1) is 6.08 Å². The average molecular weight is 90.1 g/mol. The van der Waals surface area contributed by atoms with Gasteiger partial charge in [-0.3, -0.25) is 0 Å². The molecule has 0 heterocycles. The van der Waals surface area contributed by atoms with Crippen LogP contribution in [0.15, 0.2) is 12.2 Å². The van der Waals surface area contributed by atoms with Crippen LogP contribution in [0, 0.1) is 6.92 Å². The van der Waals surface area contributed by atoms with Crippen molar-refractivity contribution >= 4 is 0 Å². The van der Waals surface area contributed by atoms with Gasteiger partial charge in [-0.25, -0.2) is 0 Å². The fraction of sp³-hybridized carbons (Fsp3) is 0.500. The molecule has 0 nitrogen and oxygen atoms in total. The fourth-order valence-corrected chi connectivity index (χ4v) is 0.285. The van der Waals surface area contributed by atoms with E-state index in [-0.39, 0.29) is 18.9 Å². The first-order valence-electron chi connectivity index (χ1n) is 2.36. The van der Waals surface area contributed by atoms with Gasteiger partial charge in [0, 0.05) is 0 Å². The molecule has 0 saturated carbocycles. The van der Waals surface area contributed by atoms with Gasteiger partial charge >= 0.3 is 18.9 Å². The summed E-state index contributed by atoms with van der Waals surface area (Å²) in [6.45, 7) is 5.75. The monoisotopic (exact) mass is 90.1 g/mol. The molecule has 0 saturated heterocycles. The van der Waals surface area contributed by atoms with E-state index in [9.17, 15) is 0 Å². The van der Waals surface area contributed by atoms with E-state index >= 15 is 0 Å². The van der Waals surface area contributed by atoms with Crippen molar-refractivity contribution in [3.8, 4) is 0 Å². The van der Waals surface area contributed by atoms with Crippen molar-refractivity contribution < 1.29 is 18.9 Å². The summed E-state index contributed by atoms with van der Waals surface area (Å²) in [4.78, 5) is 0. The first-order valence-corrected chi connectivity index (χ1v) is 2.36. The Labute approximate surface area is 58.2 Å². The molecule has 0 aliphatic rings. The second-order valence-corrected chi connectivity index (χ2v) is 1.17. The zero-order valence-corrected chi connectivity index (χ0v) is 5.28. The van der Waals surface area contributed by atoms with Crippen LogP contribution in [0.5, 0.6) is 0 Å². The molecule has 0 unspecified atom stereocenters. The van der Waals surface area contributed by atoms with Crippen LogP contribution in [0.1, 0.15) is 19.8 Å². The molecule has 0 aromatic rings. The van der Waals surface area contributed by atoms with Gasteiger partial charge in [0.25, 0.3) is 0 Å². The van der Waals surface area contributed by atoms with Crippen molar-refractivity contribution in [1.29, 1.82) is 0 Å². The van der Waals surface area contributed by atoms with Crippen molar-refractivity contribution in [3.63, 3.8) is 0 Å². The summed E-state index contributed by atoms with van der Waals surface area (Å²) >= 11 is 0. The summed E-state index contributed by atoms with van der Waals surface area (Å²) in [5.41, 5.74) is 0. The molecule has 0 radical (unpaired) electrons. The smallest absolute Gasteiger partial charge is 0.340 e. The third kappa shape index (κ3) is 10.7. The Hall–Kier alpha value is 0.337. The molecule has 0 aromatic heterocycles. The third-order valence-electron chi connectivity index (χ3n) is 0.569. The van der Waals surface area contributed by atoms with E-state index in [1.54, 1.807) is 0 Å². The molecule has 0 aromatic carbocycles. The number of rotatable bonds is 2. The molecule has 0 rings (SSSR count). The van der Waals surface area contributed by atoms with Crippen LogP contribution in [0.4, 0.5) is 0 Å². The predicted octanol–water partition coefficient (Wildman–Crippen LogP) is -0.819. The Bertz CT molecular complexity index is 33.4.